The van der Waals surface area contributed by atoms with Gasteiger partial charge in [-0.3, -0.25) is 9.59 Å². The number of carbonyl (C=O) groups excluding carboxylic acids is 2. The van der Waals surface area contributed by atoms with Gasteiger partial charge in [0.2, 0.25) is 5.91 Å². The number of amides is 2. The number of halogens is 2. The lowest BCUT2D eigenvalue weighted by Gasteiger charge is -2.17. The summed E-state index contributed by atoms with van der Waals surface area (Å²) in [5.74, 6) is -3.13. The summed E-state index contributed by atoms with van der Waals surface area (Å²) in [6.45, 7) is 0.104. The fourth-order valence-electron chi connectivity index (χ4n) is 5.39. The van der Waals surface area contributed by atoms with Crippen molar-refractivity contribution in [1.82, 2.24) is 30.1 Å². The fraction of sp³-hybridized carbons (Fsp3) is 0.478. The lowest BCUT2D eigenvalue weighted by Crippen LogP contribution is -2.33. The number of fused-ring (bicyclic) bond motifs is 1. The first-order chi connectivity index (χ1) is 17.2. The lowest BCUT2D eigenvalue weighted by atomic mass is 9.96. The predicted octanol–water partition coefficient (Wildman–Crippen LogP) is 1.24. The number of alkyl halides is 2. The highest BCUT2D eigenvalue weighted by molar-refractivity contribution is 5.98. The Bertz CT molecular complexity index is 1400. The molecule has 6 rings (SSSR count). The zero-order chi connectivity index (χ0) is 25.3. The maximum absolute atomic E-state index is 13.6. The van der Waals surface area contributed by atoms with Crippen molar-refractivity contribution < 1.29 is 18.4 Å². The highest BCUT2D eigenvalue weighted by Gasteiger charge is 2.78. The molecule has 1 atom stereocenters. The molecule has 3 aromatic heterocycles. The van der Waals surface area contributed by atoms with Gasteiger partial charge in [0, 0.05) is 20.0 Å². The summed E-state index contributed by atoms with van der Waals surface area (Å²) in [6.07, 6.45) is 3.97. The second kappa shape index (κ2) is 7.55. The molecular weight excluding hydrogens is 472 g/mol. The molecule has 3 aromatic rings. The lowest BCUT2D eigenvalue weighted by molar-refractivity contribution is -0.121. The third-order valence-electron chi connectivity index (χ3n) is 7.66. The number of aromatic nitrogens is 5. The fourth-order valence-corrected chi connectivity index (χ4v) is 5.39. The second-order valence-corrected chi connectivity index (χ2v) is 9.90. The van der Waals surface area contributed by atoms with E-state index in [-0.39, 0.29) is 37.2 Å². The monoisotopic (exact) mass is 497 g/mol. The molecule has 3 aliphatic rings. The van der Waals surface area contributed by atoms with Crippen LogP contribution in [0.2, 0.25) is 0 Å². The topological polar surface area (TPSA) is 143 Å². The molecule has 2 aliphatic carbocycles. The van der Waals surface area contributed by atoms with Gasteiger partial charge in [-0.05, 0) is 42.9 Å². The van der Waals surface area contributed by atoms with Crippen molar-refractivity contribution in [2.24, 2.45) is 11.1 Å². The summed E-state index contributed by atoms with van der Waals surface area (Å²) in [5, 5.41) is 18.5. The van der Waals surface area contributed by atoms with E-state index >= 15 is 0 Å². The number of hydrogen-bond donors (Lipinski definition) is 3. The molecule has 0 unspecified atom stereocenters. The van der Waals surface area contributed by atoms with E-state index in [4.69, 9.17) is 5.73 Å². The van der Waals surface area contributed by atoms with Crippen LogP contribution in [0.5, 0.6) is 0 Å². The van der Waals surface area contributed by atoms with E-state index in [0.29, 0.717) is 35.0 Å². The molecule has 1 spiro atoms. The number of anilines is 2. The molecule has 0 radical (unpaired) electrons. The molecule has 1 saturated heterocycles. The Hall–Kier alpha value is -3.90. The van der Waals surface area contributed by atoms with E-state index in [0.717, 1.165) is 12.8 Å². The number of nitrogens with two attached hydrogens (primary N) is 1. The average molecular weight is 498 g/mol. The van der Waals surface area contributed by atoms with Gasteiger partial charge in [-0.1, -0.05) is 0 Å². The molecule has 0 bridgehead atoms. The summed E-state index contributed by atoms with van der Waals surface area (Å²) < 4.78 is 28.8. The maximum Gasteiger partial charge on any atom is 0.273 e. The Morgan fingerprint density at radius 2 is 2.00 bits per heavy atom. The first kappa shape index (κ1) is 22.6. The van der Waals surface area contributed by atoms with Crippen LogP contribution in [0.1, 0.15) is 47.7 Å². The Labute approximate surface area is 204 Å². The van der Waals surface area contributed by atoms with Crippen molar-refractivity contribution in [3.05, 3.63) is 41.6 Å². The molecule has 4 N–H and O–H groups in total. The molecule has 3 fully saturated rings. The van der Waals surface area contributed by atoms with Crippen LogP contribution in [-0.4, -0.2) is 62.7 Å². The summed E-state index contributed by atoms with van der Waals surface area (Å²) in [4.78, 5) is 30.9. The van der Waals surface area contributed by atoms with Crippen LogP contribution in [-0.2, 0) is 16.8 Å². The largest absolute Gasteiger partial charge is 0.376 e. The molecule has 2 amide bonds. The maximum atomic E-state index is 13.6. The number of nitrogens with one attached hydrogen (secondary N) is 2. The normalized spacial score (nSPS) is 23.1. The molecule has 0 aromatic carbocycles. The molecule has 188 valence electrons. The molecular formula is C23H25F2N9O2. The van der Waals surface area contributed by atoms with Crippen LogP contribution in [0.4, 0.5) is 20.2 Å². The van der Waals surface area contributed by atoms with Crippen molar-refractivity contribution in [2.75, 3.05) is 30.4 Å². The zero-order valence-corrected chi connectivity index (χ0v) is 19.6. The second-order valence-electron chi connectivity index (χ2n) is 9.90. The predicted molar refractivity (Wildman–Crippen MR) is 125 cm³/mol. The van der Waals surface area contributed by atoms with Gasteiger partial charge in [0.1, 0.15) is 0 Å². The zero-order valence-electron chi connectivity index (χ0n) is 19.6. The number of pyridine rings is 1. The summed E-state index contributed by atoms with van der Waals surface area (Å²) in [7, 11) is 1.49. The van der Waals surface area contributed by atoms with Crippen LogP contribution in [0.15, 0.2) is 24.4 Å². The molecule has 36 heavy (non-hydrogen) atoms. The molecule has 2 saturated carbocycles. The minimum atomic E-state index is -2.70. The first-order valence-corrected chi connectivity index (χ1v) is 11.8. The van der Waals surface area contributed by atoms with Gasteiger partial charge in [-0.15, -0.1) is 10.2 Å². The number of carbonyl (C=O) groups is 2. The van der Waals surface area contributed by atoms with E-state index in [1.807, 2.05) is 0 Å². The van der Waals surface area contributed by atoms with E-state index < -0.39 is 23.2 Å². The Morgan fingerprint density at radius 1 is 1.19 bits per heavy atom. The van der Waals surface area contributed by atoms with E-state index in [2.05, 4.69) is 30.9 Å². The Kier molecular flexibility index (Phi) is 4.73. The molecule has 13 heteroatoms. The average Bonchev–Trinajstić information content (AvgIpc) is 3.68. The highest BCUT2D eigenvalue weighted by atomic mass is 19.3. The van der Waals surface area contributed by atoms with Crippen LogP contribution in [0.25, 0.3) is 5.65 Å². The number of nitrogens with zero attached hydrogens (tertiary/aromatic N) is 6. The van der Waals surface area contributed by atoms with Crippen LogP contribution >= 0.6 is 0 Å². The van der Waals surface area contributed by atoms with Gasteiger partial charge < -0.3 is 21.3 Å². The number of primary amides is 1. The number of hydrogen-bond acceptors (Lipinski definition) is 8. The van der Waals surface area contributed by atoms with E-state index in [1.54, 1.807) is 33.8 Å². The van der Waals surface area contributed by atoms with Crippen molar-refractivity contribution in [2.45, 2.75) is 43.6 Å². The SMILES string of the molecule is CNC(=O)c1nnc([C@]2(C(N)=O)CC23CC3)cc1NCc1nc2ccc(N3CCC(F)(F)C3)cn2n1. The van der Waals surface area contributed by atoms with Crippen molar-refractivity contribution in [3.63, 3.8) is 0 Å². The standard InChI is InChI=1S/C23H25F2N9O2/c1-27-19(35)18-14(8-15(30-31-18)23(20(26)36)11-21(23)4-5-21)28-9-16-29-17-3-2-13(10-34(17)32-16)33-7-6-22(24,25)12-33/h2-3,8,10H,4-7,9,11-12H2,1H3,(H2,26,36)(H,27,35)(H,28,30)/t23-/m0/s1. The van der Waals surface area contributed by atoms with E-state index in [9.17, 15) is 18.4 Å². The first-order valence-electron chi connectivity index (χ1n) is 11.8. The van der Waals surface area contributed by atoms with Gasteiger partial charge in [0.05, 0.1) is 41.8 Å². The highest BCUT2D eigenvalue weighted by Crippen LogP contribution is 2.78. The van der Waals surface area contributed by atoms with Gasteiger partial charge >= 0.3 is 0 Å². The minimum Gasteiger partial charge on any atom is -0.376 e. The summed E-state index contributed by atoms with van der Waals surface area (Å²) >= 11 is 0. The van der Waals surface area contributed by atoms with E-state index in [1.165, 1.54) is 7.05 Å². The molecule has 11 nitrogen and oxygen atoms in total. The van der Waals surface area contributed by atoms with Crippen molar-refractivity contribution >= 4 is 28.8 Å². The Balaban J connectivity index is 1.26. The number of rotatable bonds is 7. The van der Waals surface area contributed by atoms with Crippen LogP contribution in [0, 0.1) is 5.41 Å². The van der Waals surface area contributed by atoms with Crippen LogP contribution < -0.4 is 21.3 Å². The van der Waals surface area contributed by atoms with Crippen molar-refractivity contribution in [3.8, 4) is 0 Å². The van der Waals surface area contributed by atoms with Gasteiger partial charge in [-0.2, -0.15) is 5.10 Å². The summed E-state index contributed by atoms with van der Waals surface area (Å²) in [5.41, 5.74) is 6.91. The summed E-state index contributed by atoms with van der Waals surface area (Å²) in [6, 6.07) is 5.14. The third kappa shape index (κ3) is 3.44. The smallest absolute Gasteiger partial charge is 0.273 e. The quantitative estimate of drug-likeness (QED) is 0.443. The third-order valence-corrected chi connectivity index (χ3v) is 7.66. The minimum absolute atomic E-state index is 0.0763. The Morgan fingerprint density at radius 3 is 2.64 bits per heavy atom. The van der Waals surface area contributed by atoms with Gasteiger partial charge in [0.15, 0.2) is 17.2 Å². The van der Waals surface area contributed by atoms with Gasteiger partial charge in [0.25, 0.3) is 11.8 Å². The van der Waals surface area contributed by atoms with Crippen LogP contribution in [0.3, 0.4) is 0 Å². The van der Waals surface area contributed by atoms with Gasteiger partial charge in [-0.25, -0.2) is 18.3 Å². The van der Waals surface area contributed by atoms with Crippen molar-refractivity contribution in [1.29, 1.82) is 0 Å². The molecule has 1 aliphatic heterocycles. The molecule has 4 heterocycles.